The smallest absolute Gasteiger partial charge is 0.315 e. The van der Waals surface area contributed by atoms with Crippen LogP contribution in [0.3, 0.4) is 0 Å². The highest BCUT2D eigenvalue weighted by molar-refractivity contribution is 7.92. The van der Waals surface area contributed by atoms with E-state index in [0.717, 1.165) is 51.4 Å². The number of urea groups is 1. The third-order valence-corrected chi connectivity index (χ3v) is 17.4. The number of amides is 5. The molecule has 5 atom stereocenters. The van der Waals surface area contributed by atoms with Crippen LogP contribution in [-0.2, 0) is 38.5 Å². The summed E-state index contributed by atoms with van der Waals surface area (Å²) in [7, 11) is -3.60. The van der Waals surface area contributed by atoms with Crippen molar-refractivity contribution in [1.82, 2.24) is 26.2 Å². The molecule has 4 aliphatic carbocycles. The van der Waals surface area contributed by atoms with Crippen molar-refractivity contribution in [2.24, 2.45) is 28.6 Å². The fraction of sp³-hybridized carbons (Fsp3) is 0.864. The maximum atomic E-state index is 15.1. The van der Waals surface area contributed by atoms with Gasteiger partial charge in [-0.15, -0.1) is 0 Å². The quantitative estimate of drug-likeness (QED) is 0.114. The molecule has 0 bridgehead atoms. The third kappa shape index (κ3) is 11.0. The summed E-state index contributed by atoms with van der Waals surface area (Å²) in [6.45, 7) is 16.9. The first kappa shape index (κ1) is 46.8. The molecule has 0 aromatic rings. The summed E-state index contributed by atoms with van der Waals surface area (Å²) in [5.41, 5.74) is -2.52. The minimum atomic E-state index is -3.60. The molecule has 5 rings (SSSR count). The number of likely N-dealkylation sites (tertiary alicyclic amines) is 1. The van der Waals surface area contributed by atoms with Crippen LogP contribution in [0.15, 0.2) is 0 Å². The number of piperidine rings is 1. The third-order valence-electron chi connectivity index (χ3n) is 14.5. The summed E-state index contributed by atoms with van der Waals surface area (Å²) in [6.07, 6.45) is 10.1. The highest BCUT2D eigenvalue weighted by Crippen LogP contribution is 2.65. The number of esters is 1. The molecule has 5 amide bonds. The highest BCUT2D eigenvalue weighted by Gasteiger charge is 2.70. The lowest BCUT2D eigenvalue weighted by Gasteiger charge is -2.44. The number of carbonyl (C=O) groups excluding carboxylic acids is 6. The molecule has 4 saturated carbocycles. The molecule has 0 aromatic heterocycles. The molecule has 1 heterocycles. The number of rotatable bonds is 17. The Morgan fingerprint density at radius 2 is 1.44 bits per heavy atom. The van der Waals surface area contributed by atoms with Crippen LogP contribution in [0.1, 0.15) is 159 Å². The van der Waals surface area contributed by atoms with E-state index in [1.165, 1.54) is 0 Å². The molecular formula is C44H73N5O9S. The maximum Gasteiger partial charge on any atom is 0.315 e. The van der Waals surface area contributed by atoms with Gasteiger partial charge in [0.15, 0.2) is 9.84 Å². The van der Waals surface area contributed by atoms with E-state index in [-0.39, 0.29) is 54.2 Å². The van der Waals surface area contributed by atoms with Crippen LogP contribution in [0.4, 0.5) is 4.79 Å². The summed E-state index contributed by atoms with van der Waals surface area (Å²) < 4.78 is 31.8. The van der Waals surface area contributed by atoms with Crippen LogP contribution in [0, 0.1) is 28.6 Å². The van der Waals surface area contributed by atoms with Crippen molar-refractivity contribution in [2.75, 3.05) is 18.8 Å². The number of hydrogen-bond acceptors (Lipinski definition) is 9. The zero-order chi connectivity index (χ0) is 43.8. The molecule has 0 aromatic carbocycles. The van der Waals surface area contributed by atoms with Gasteiger partial charge in [-0.25, -0.2) is 13.2 Å². The minimum absolute atomic E-state index is 0.0298. The monoisotopic (exact) mass is 848 g/mol. The molecule has 0 spiro atoms. The lowest BCUT2D eigenvalue weighted by molar-refractivity contribution is -0.154. The van der Waals surface area contributed by atoms with Crippen molar-refractivity contribution in [2.45, 2.75) is 193 Å². The molecule has 1 aliphatic heterocycles. The van der Waals surface area contributed by atoms with Gasteiger partial charge in [0, 0.05) is 13.1 Å². The van der Waals surface area contributed by atoms with Gasteiger partial charge >= 0.3 is 12.0 Å². The standard InChI is InChI=1S/C44H73N5O9S/c1-10-41(5,6)59(56,57)27-44(22-15-12-16-23-44)48-39(55)47-35(43(9)20-13-11-14-21-43)38(54)49-26-29-32(42(29,7)8)33(49)36(52)46-30(25-28-17-18-28)34(51)37(53)45-24-19-31(50)58-40(2,3)4/h28-30,32-33,35H,10-27H2,1-9H3,(H,45,53)(H,46,52)(H2,47,48,55)/t29?,30?,32?,33-,35+/m0/s1. The van der Waals surface area contributed by atoms with Gasteiger partial charge in [-0.05, 0) is 102 Å². The number of sulfone groups is 1. The van der Waals surface area contributed by atoms with Crippen molar-refractivity contribution in [3.63, 3.8) is 0 Å². The topological polar surface area (TPSA) is 197 Å². The Kier molecular flexibility index (Phi) is 14.0. The summed E-state index contributed by atoms with van der Waals surface area (Å²) in [6, 6.07) is -3.59. The molecule has 5 aliphatic rings. The second-order valence-corrected chi connectivity index (χ2v) is 23.7. The first-order valence-electron chi connectivity index (χ1n) is 22.3. The second-order valence-electron chi connectivity index (χ2n) is 21.0. The molecule has 3 unspecified atom stereocenters. The molecule has 0 radical (unpaired) electrons. The molecule has 15 heteroatoms. The number of Topliss-reactive ketones (excluding diaryl/α,β-unsaturated/α-hetero) is 1. The van der Waals surface area contributed by atoms with Gasteiger partial charge < -0.3 is 30.9 Å². The van der Waals surface area contributed by atoms with Crippen molar-refractivity contribution >= 4 is 45.3 Å². The van der Waals surface area contributed by atoms with Crippen LogP contribution in [-0.4, -0.2) is 102 Å². The summed E-state index contributed by atoms with van der Waals surface area (Å²) in [5, 5.41) is 11.6. The summed E-state index contributed by atoms with van der Waals surface area (Å²) in [5.74, 6) is -3.23. The predicted octanol–water partition coefficient (Wildman–Crippen LogP) is 5.12. The molecule has 14 nitrogen and oxygen atoms in total. The first-order valence-corrected chi connectivity index (χ1v) is 24.0. The second kappa shape index (κ2) is 17.6. The van der Waals surface area contributed by atoms with Gasteiger partial charge in [-0.1, -0.05) is 79.1 Å². The number of nitrogens with zero attached hydrogens (tertiary/aromatic N) is 1. The Labute approximate surface area is 352 Å². The number of carbonyl (C=O) groups is 6. The van der Waals surface area contributed by atoms with Crippen LogP contribution in [0.25, 0.3) is 0 Å². The highest BCUT2D eigenvalue weighted by atomic mass is 32.2. The van der Waals surface area contributed by atoms with Gasteiger partial charge in [0.25, 0.3) is 5.91 Å². The molecule has 334 valence electrons. The average Bonchev–Trinajstić information content (AvgIpc) is 4.00. The lowest BCUT2D eigenvalue weighted by Crippen LogP contribution is -2.65. The Bertz CT molecular complexity index is 1720. The summed E-state index contributed by atoms with van der Waals surface area (Å²) >= 11 is 0. The predicted molar refractivity (Wildman–Crippen MR) is 225 cm³/mol. The lowest BCUT2D eigenvalue weighted by atomic mass is 9.70. The summed E-state index contributed by atoms with van der Waals surface area (Å²) in [4.78, 5) is 84.3. The van der Waals surface area contributed by atoms with Gasteiger partial charge in [-0.2, -0.15) is 0 Å². The Morgan fingerprint density at radius 1 is 0.847 bits per heavy atom. The normalized spacial score (nSPS) is 25.7. The van der Waals surface area contributed by atoms with Gasteiger partial charge in [-0.3, -0.25) is 24.0 Å². The van der Waals surface area contributed by atoms with E-state index >= 15 is 4.79 Å². The number of ketones is 1. The van der Waals surface area contributed by atoms with E-state index in [1.54, 1.807) is 39.5 Å². The average molecular weight is 848 g/mol. The van der Waals surface area contributed by atoms with Crippen LogP contribution < -0.4 is 21.3 Å². The SMILES string of the molecule is CCC(C)(C)S(=O)(=O)CC1(NC(=O)N[C@H](C(=O)N2CC3C([C@H]2C(=O)NC(CC2CC2)C(=O)C(=O)NCCC(=O)OC(C)(C)C)C3(C)C)C2(C)CCCCC2)CCCCC1. The van der Waals surface area contributed by atoms with E-state index in [4.69, 9.17) is 4.74 Å². The van der Waals surface area contributed by atoms with Gasteiger partial charge in [0.2, 0.25) is 17.6 Å². The zero-order valence-electron chi connectivity index (χ0n) is 37.2. The number of ether oxygens (including phenoxy) is 1. The van der Waals surface area contributed by atoms with Crippen molar-refractivity contribution in [3.05, 3.63) is 0 Å². The van der Waals surface area contributed by atoms with E-state index in [0.29, 0.717) is 38.6 Å². The fourth-order valence-electron chi connectivity index (χ4n) is 9.97. The van der Waals surface area contributed by atoms with Crippen LogP contribution in [0.5, 0.6) is 0 Å². The Balaban J connectivity index is 1.35. The van der Waals surface area contributed by atoms with Crippen molar-refractivity contribution in [3.8, 4) is 0 Å². The maximum absolute atomic E-state index is 15.1. The Hall–Kier alpha value is -3.23. The van der Waals surface area contributed by atoms with E-state index in [2.05, 4.69) is 35.1 Å². The molecular weight excluding hydrogens is 775 g/mol. The Morgan fingerprint density at radius 3 is 2.00 bits per heavy atom. The molecule has 1 saturated heterocycles. The minimum Gasteiger partial charge on any atom is -0.460 e. The number of nitrogens with one attached hydrogen (secondary N) is 4. The van der Waals surface area contributed by atoms with Gasteiger partial charge in [0.1, 0.15) is 17.7 Å². The zero-order valence-corrected chi connectivity index (χ0v) is 38.0. The van der Waals surface area contributed by atoms with Crippen molar-refractivity contribution in [1.29, 1.82) is 0 Å². The fourth-order valence-corrected chi connectivity index (χ4v) is 11.9. The van der Waals surface area contributed by atoms with Gasteiger partial charge in [0.05, 0.1) is 28.5 Å². The largest absolute Gasteiger partial charge is 0.460 e. The van der Waals surface area contributed by atoms with Crippen molar-refractivity contribution < 1.29 is 41.9 Å². The first-order chi connectivity index (χ1) is 27.4. The van der Waals surface area contributed by atoms with E-state index in [1.807, 2.05) is 13.8 Å². The molecule has 5 fully saturated rings. The molecule has 59 heavy (non-hydrogen) atoms. The number of hydrogen-bond donors (Lipinski definition) is 4. The molecule has 4 N–H and O–H groups in total. The van der Waals surface area contributed by atoms with E-state index < -0.39 is 78.9 Å². The van der Waals surface area contributed by atoms with Crippen LogP contribution in [0.2, 0.25) is 0 Å². The van der Waals surface area contributed by atoms with E-state index in [9.17, 15) is 32.4 Å². The van der Waals surface area contributed by atoms with Crippen LogP contribution >= 0.6 is 0 Å². The number of fused-ring (bicyclic) bond motifs is 1.